The molecule has 5 nitrogen and oxygen atoms in total. The molecule has 1 aliphatic heterocycles. The third-order valence-electron chi connectivity index (χ3n) is 2.24. The van der Waals surface area contributed by atoms with Gasteiger partial charge in [0.25, 0.3) is 0 Å². The molecule has 14 heavy (non-hydrogen) atoms. The van der Waals surface area contributed by atoms with Gasteiger partial charge in [0.2, 0.25) is 11.8 Å². The van der Waals surface area contributed by atoms with Crippen LogP contribution in [0.5, 0.6) is 0 Å². The van der Waals surface area contributed by atoms with Crippen molar-refractivity contribution in [3.8, 4) is 0 Å². The maximum absolute atomic E-state index is 11.4. The van der Waals surface area contributed by atoms with Gasteiger partial charge in [0.1, 0.15) is 6.04 Å². The van der Waals surface area contributed by atoms with E-state index in [1.54, 1.807) is 0 Å². The minimum Gasteiger partial charge on any atom is -0.354 e. The Balaban J connectivity index is 2.40. The highest BCUT2D eigenvalue weighted by molar-refractivity contribution is 5.87. The predicted octanol–water partition coefficient (Wildman–Crippen LogP) is -0.880. The van der Waals surface area contributed by atoms with Crippen molar-refractivity contribution in [3.63, 3.8) is 0 Å². The minimum absolute atomic E-state index is 0.0760. The monoisotopic (exact) mass is 199 g/mol. The van der Waals surface area contributed by atoms with Crippen LogP contribution >= 0.6 is 0 Å². The van der Waals surface area contributed by atoms with Crippen LogP contribution in [0.2, 0.25) is 0 Å². The van der Waals surface area contributed by atoms with Crippen LogP contribution < -0.4 is 16.4 Å². The molecule has 0 aromatic rings. The number of nitrogens with two attached hydrogens (primary N) is 1. The lowest BCUT2D eigenvalue weighted by molar-refractivity contribution is -0.128. The van der Waals surface area contributed by atoms with E-state index >= 15 is 0 Å². The quantitative estimate of drug-likeness (QED) is 0.552. The molecule has 1 fully saturated rings. The molecule has 4 N–H and O–H groups in total. The summed E-state index contributed by atoms with van der Waals surface area (Å²) in [5.41, 5.74) is 5.24. The number of hydrogen-bond donors (Lipinski definition) is 3. The van der Waals surface area contributed by atoms with Gasteiger partial charge in [-0.25, -0.2) is 0 Å². The molecule has 1 heterocycles. The molecule has 1 rings (SSSR count). The second kappa shape index (κ2) is 5.59. The zero-order valence-corrected chi connectivity index (χ0v) is 8.21. The highest BCUT2D eigenvalue weighted by atomic mass is 16.2. The van der Waals surface area contributed by atoms with Crippen molar-refractivity contribution >= 4 is 11.8 Å². The fourth-order valence-electron chi connectivity index (χ4n) is 1.47. The second-order valence-electron chi connectivity index (χ2n) is 3.45. The Kier molecular flexibility index (Phi) is 4.39. The molecule has 0 saturated carbocycles. The zero-order valence-electron chi connectivity index (χ0n) is 8.21. The Morgan fingerprint density at radius 2 is 2.36 bits per heavy atom. The second-order valence-corrected chi connectivity index (χ2v) is 3.45. The molecule has 0 unspecified atom stereocenters. The normalized spacial score (nSPS) is 22.4. The van der Waals surface area contributed by atoms with Gasteiger partial charge >= 0.3 is 0 Å². The molecule has 1 aliphatic rings. The largest absolute Gasteiger partial charge is 0.354 e. The molecule has 80 valence electrons. The lowest BCUT2D eigenvalue weighted by atomic mass is 10.1. The fraction of sp³-hybridized carbons (Fsp3) is 0.778. The van der Waals surface area contributed by atoms with Crippen LogP contribution in [0.25, 0.3) is 0 Å². The third kappa shape index (κ3) is 3.33. The Morgan fingerprint density at radius 3 is 3.07 bits per heavy atom. The summed E-state index contributed by atoms with van der Waals surface area (Å²) in [5.74, 6) is -0.220. The van der Waals surface area contributed by atoms with Crippen LogP contribution in [0.15, 0.2) is 0 Å². The molecule has 5 heteroatoms. The molecule has 2 amide bonds. The van der Waals surface area contributed by atoms with E-state index in [1.807, 2.05) is 0 Å². The van der Waals surface area contributed by atoms with Crippen molar-refractivity contribution in [1.29, 1.82) is 0 Å². The summed E-state index contributed by atoms with van der Waals surface area (Å²) in [7, 11) is 0. The van der Waals surface area contributed by atoms with E-state index < -0.39 is 0 Å². The van der Waals surface area contributed by atoms with Crippen molar-refractivity contribution in [2.24, 2.45) is 5.73 Å². The summed E-state index contributed by atoms with van der Waals surface area (Å²) >= 11 is 0. The lowest BCUT2D eigenvalue weighted by Crippen LogP contribution is -2.45. The number of hydrogen-bond acceptors (Lipinski definition) is 3. The van der Waals surface area contributed by atoms with Crippen LogP contribution in [0, 0.1) is 0 Å². The van der Waals surface area contributed by atoms with E-state index in [-0.39, 0.29) is 24.3 Å². The average Bonchev–Trinajstić information content (AvgIpc) is 2.33. The smallest absolute Gasteiger partial charge is 0.242 e. The van der Waals surface area contributed by atoms with Crippen LogP contribution in [-0.4, -0.2) is 30.9 Å². The van der Waals surface area contributed by atoms with Gasteiger partial charge in [0.15, 0.2) is 0 Å². The van der Waals surface area contributed by atoms with E-state index in [0.717, 1.165) is 19.3 Å². The molecule has 0 spiro atoms. The highest BCUT2D eigenvalue weighted by Gasteiger charge is 2.21. The Bertz CT molecular complexity index is 218. The van der Waals surface area contributed by atoms with Crippen molar-refractivity contribution in [2.75, 3.05) is 13.1 Å². The summed E-state index contributed by atoms with van der Waals surface area (Å²) in [6.45, 7) is 1.03. The first-order chi connectivity index (χ1) is 6.74. The van der Waals surface area contributed by atoms with Gasteiger partial charge in [0, 0.05) is 19.5 Å². The number of nitrogens with one attached hydrogen (secondary N) is 2. The SMILES string of the molecule is NCCC(=O)N[C@H]1CCCCNC1=O. The van der Waals surface area contributed by atoms with Crippen molar-refractivity contribution in [3.05, 3.63) is 0 Å². The van der Waals surface area contributed by atoms with Crippen molar-refractivity contribution < 1.29 is 9.59 Å². The first-order valence-electron chi connectivity index (χ1n) is 5.01. The molecule has 0 radical (unpaired) electrons. The summed E-state index contributed by atoms with van der Waals surface area (Å²) in [6, 6.07) is -0.364. The fourth-order valence-corrected chi connectivity index (χ4v) is 1.47. The summed E-state index contributed by atoms with van der Waals surface area (Å²) < 4.78 is 0. The number of carbonyl (C=O) groups excluding carboxylic acids is 2. The van der Waals surface area contributed by atoms with Crippen LogP contribution in [0.4, 0.5) is 0 Å². The van der Waals surface area contributed by atoms with Gasteiger partial charge < -0.3 is 16.4 Å². The first kappa shape index (κ1) is 11.0. The van der Waals surface area contributed by atoms with Gasteiger partial charge in [-0.15, -0.1) is 0 Å². The Labute approximate surface area is 83.4 Å². The first-order valence-corrected chi connectivity index (χ1v) is 5.01. The van der Waals surface area contributed by atoms with Gasteiger partial charge in [-0.1, -0.05) is 0 Å². The minimum atomic E-state index is -0.364. The van der Waals surface area contributed by atoms with Crippen molar-refractivity contribution in [1.82, 2.24) is 10.6 Å². The van der Waals surface area contributed by atoms with E-state index in [0.29, 0.717) is 13.1 Å². The average molecular weight is 199 g/mol. The van der Waals surface area contributed by atoms with Gasteiger partial charge in [-0.05, 0) is 19.3 Å². The van der Waals surface area contributed by atoms with Gasteiger partial charge in [0.05, 0.1) is 0 Å². The summed E-state index contributed by atoms with van der Waals surface area (Å²) in [4.78, 5) is 22.6. The third-order valence-corrected chi connectivity index (χ3v) is 2.24. The van der Waals surface area contributed by atoms with E-state index in [1.165, 1.54) is 0 Å². The maximum Gasteiger partial charge on any atom is 0.242 e. The summed E-state index contributed by atoms with van der Waals surface area (Å²) in [5, 5.41) is 5.44. The van der Waals surface area contributed by atoms with E-state index in [4.69, 9.17) is 5.73 Å². The van der Waals surface area contributed by atoms with Crippen molar-refractivity contribution in [2.45, 2.75) is 31.7 Å². The topological polar surface area (TPSA) is 84.2 Å². The zero-order chi connectivity index (χ0) is 10.4. The number of rotatable bonds is 3. The van der Waals surface area contributed by atoms with E-state index in [2.05, 4.69) is 10.6 Å². The lowest BCUT2D eigenvalue weighted by Gasteiger charge is -2.14. The summed E-state index contributed by atoms with van der Waals surface area (Å²) in [6.07, 6.45) is 2.95. The van der Waals surface area contributed by atoms with Gasteiger partial charge in [-0.2, -0.15) is 0 Å². The van der Waals surface area contributed by atoms with Crippen LogP contribution in [-0.2, 0) is 9.59 Å². The van der Waals surface area contributed by atoms with E-state index in [9.17, 15) is 9.59 Å². The molecule has 0 bridgehead atoms. The Hall–Kier alpha value is -1.10. The van der Waals surface area contributed by atoms with Gasteiger partial charge in [-0.3, -0.25) is 9.59 Å². The molecule has 1 atom stereocenters. The molecule has 0 aliphatic carbocycles. The predicted molar refractivity (Wildman–Crippen MR) is 52.5 cm³/mol. The molecule has 0 aromatic carbocycles. The molecular formula is C9H17N3O2. The Morgan fingerprint density at radius 1 is 1.57 bits per heavy atom. The number of amides is 2. The highest BCUT2D eigenvalue weighted by Crippen LogP contribution is 2.05. The van der Waals surface area contributed by atoms with Crippen LogP contribution in [0.3, 0.4) is 0 Å². The molecule has 1 saturated heterocycles. The maximum atomic E-state index is 11.4. The van der Waals surface area contributed by atoms with Crippen LogP contribution in [0.1, 0.15) is 25.7 Å². The number of carbonyl (C=O) groups is 2. The standard InChI is InChI=1S/C9H17N3O2/c10-5-4-8(13)12-7-3-1-2-6-11-9(7)14/h7H,1-6,10H2,(H,11,14)(H,12,13)/t7-/m0/s1. The molecular weight excluding hydrogens is 182 g/mol. The molecule has 0 aromatic heterocycles.